The monoisotopic (exact) mass is 566 g/mol. The van der Waals surface area contributed by atoms with E-state index in [2.05, 4.69) is 22.2 Å². The van der Waals surface area contributed by atoms with Gasteiger partial charge in [0.2, 0.25) is 11.9 Å². The number of anilines is 3. The van der Waals surface area contributed by atoms with E-state index in [4.69, 9.17) is 54.6 Å². The molecule has 37 heavy (non-hydrogen) atoms. The highest BCUT2D eigenvalue weighted by molar-refractivity contribution is 7.80. The minimum Gasteiger partial charge on any atom is -0.495 e. The molecule has 4 rings (SSSR count). The van der Waals surface area contributed by atoms with Gasteiger partial charge in [0.05, 0.1) is 51.7 Å². The van der Waals surface area contributed by atoms with Gasteiger partial charge in [-0.15, -0.1) is 0 Å². The molecule has 0 unspecified atom stereocenters. The van der Waals surface area contributed by atoms with Crippen LogP contribution in [0.5, 0.6) is 11.5 Å². The Balaban J connectivity index is 1.64. The Morgan fingerprint density at radius 2 is 1.89 bits per heavy atom. The molecule has 1 aromatic carbocycles. The van der Waals surface area contributed by atoms with Crippen molar-refractivity contribution in [3.8, 4) is 11.5 Å². The van der Waals surface area contributed by atoms with Gasteiger partial charge < -0.3 is 34.6 Å². The summed E-state index contributed by atoms with van der Waals surface area (Å²) in [5.74, 6) is 1.68. The van der Waals surface area contributed by atoms with Crippen molar-refractivity contribution in [2.24, 2.45) is 0 Å². The van der Waals surface area contributed by atoms with Gasteiger partial charge in [-0.1, -0.05) is 29.8 Å². The normalized spacial score (nSPS) is 18.9. The lowest BCUT2D eigenvalue weighted by Crippen LogP contribution is -2.48. The number of ether oxygens (including phenoxy) is 3. The molecule has 13 heteroatoms. The van der Waals surface area contributed by atoms with Crippen LogP contribution in [0, 0.1) is 0 Å². The summed E-state index contributed by atoms with van der Waals surface area (Å²) >= 11 is 19.2. The number of methoxy groups -OCH3 is 2. The molecule has 2 aliphatic heterocycles. The predicted molar refractivity (Wildman–Crippen MR) is 148 cm³/mol. The molecule has 0 spiro atoms. The first-order valence-corrected chi connectivity index (χ1v) is 12.7. The fourth-order valence-corrected chi connectivity index (χ4v) is 5.23. The van der Waals surface area contributed by atoms with Crippen molar-refractivity contribution in [3.05, 3.63) is 40.0 Å². The van der Waals surface area contributed by atoms with Gasteiger partial charge in [-0.05, 0) is 26.1 Å². The van der Waals surface area contributed by atoms with Crippen molar-refractivity contribution in [1.29, 1.82) is 0 Å². The average molecular weight is 567 g/mol. The summed E-state index contributed by atoms with van der Waals surface area (Å²) in [4.78, 5) is 25.1. The van der Waals surface area contributed by atoms with E-state index < -0.39 is 0 Å². The van der Waals surface area contributed by atoms with Crippen molar-refractivity contribution in [2.45, 2.75) is 32.5 Å². The molecule has 0 saturated carbocycles. The van der Waals surface area contributed by atoms with Gasteiger partial charge in [-0.3, -0.25) is 4.79 Å². The Labute approximate surface area is 230 Å². The number of hydrogen-bond acceptors (Lipinski definition) is 8. The molecule has 2 aliphatic rings. The van der Waals surface area contributed by atoms with E-state index in [9.17, 15) is 4.79 Å². The third-order valence-electron chi connectivity index (χ3n) is 6.12. The minimum absolute atomic E-state index is 0.203. The molecular weight excluding hydrogens is 539 g/mol. The summed E-state index contributed by atoms with van der Waals surface area (Å²) in [5.41, 5.74) is 1.74. The number of carbonyl (C=O) groups is 1. The molecule has 2 N–H and O–H groups in total. The third kappa shape index (κ3) is 5.26. The van der Waals surface area contributed by atoms with Gasteiger partial charge in [-0.2, -0.15) is 4.98 Å². The highest BCUT2D eigenvalue weighted by Gasteiger charge is 2.35. The summed E-state index contributed by atoms with van der Waals surface area (Å²) in [7, 11) is 3.04. The predicted octanol–water partition coefficient (Wildman–Crippen LogP) is 3.80. The first-order valence-electron chi connectivity index (χ1n) is 11.6. The smallest absolute Gasteiger partial charge is 0.246 e. The number of aromatic nitrogens is 2. The SMILES string of the molecule is C=C(C)C(=O)N[C@H]1COC[C@H]1Nc1ncc2c(n1)N(CC)C(=S)N(c1c(Cl)c(OC)cc(OC)c1Cl)C2. The Morgan fingerprint density at radius 1 is 1.24 bits per heavy atom. The summed E-state index contributed by atoms with van der Waals surface area (Å²) in [6.45, 7) is 8.98. The van der Waals surface area contributed by atoms with Crippen molar-refractivity contribution >= 4 is 63.9 Å². The molecule has 0 radical (unpaired) electrons. The molecule has 1 aromatic heterocycles. The number of thiocarbonyl (C=S) groups is 1. The maximum absolute atomic E-state index is 12.1. The van der Waals surface area contributed by atoms with Crippen molar-refractivity contribution in [1.82, 2.24) is 15.3 Å². The molecule has 1 fully saturated rings. The van der Waals surface area contributed by atoms with Gasteiger partial charge in [0.25, 0.3) is 0 Å². The Hall–Kier alpha value is -2.86. The molecular formula is C24H28Cl2N6O4S. The minimum atomic E-state index is -0.241. The number of hydrogen-bond donors (Lipinski definition) is 2. The summed E-state index contributed by atoms with van der Waals surface area (Å²) in [6, 6.07) is 1.19. The second-order valence-corrected chi connectivity index (χ2v) is 9.68. The number of nitrogens with one attached hydrogen (secondary N) is 2. The first-order chi connectivity index (χ1) is 17.7. The van der Waals surface area contributed by atoms with Gasteiger partial charge >= 0.3 is 0 Å². The van der Waals surface area contributed by atoms with Crippen LogP contribution in [0.25, 0.3) is 0 Å². The zero-order chi connectivity index (χ0) is 26.9. The van der Waals surface area contributed by atoms with Crippen LogP contribution in [0.4, 0.5) is 17.5 Å². The van der Waals surface area contributed by atoms with E-state index in [1.807, 2.05) is 16.7 Å². The van der Waals surface area contributed by atoms with Crippen LogP contribution in [-0.2, 0) is 16.1 Å². The molecule has 0 bridgehead atoms. The number of nitrogens with zero attached hydrogens (tertiary/aromatic N) is 4. The lowest BCUT2D eigenvalue weighted by molar-refractivity contribution is -0.118. The number of benzene rings is 1. The molecule has 2 aromatic rings. The number of rotatable bonds is 8. The van der Waals surface area contributed by atoms with Gasteiger partial charge in [0.1, 0.15) is 27.4 Å². The highest BCUT2D eigenvalue weighted by atomic mass is 35.5. The van der Waals surface area contributed by atoms with E-state index in [0.29, 0.717) is 76.0 Å². The molecule has 1 amide bonds. The van der Waals surface area contributed by atoms with Gasteiger partial charge in [-0.25, -0.2) is 4.98 Å². The number of fused-ring (bicyclic) bond motifs is 1. The van der Waals surface area contributed by atoms with E-state index in [1.54, 1.807) is 19.2 Å². The largest absolute Gasteiger partial charge is 0.495 e. The average Bonchev–Trinajstić information content (AvgIpc) is 3.31. The summed E-state index contributed by atoms with van der Waals surface area (Å²) < 4.78 is 16.4. The highest BCUT2D eigenvalue weighted by Crippen LogP contribution is 2.48. The first kappa shape index (κ1) is 27.2. The summed E-state index contributed by atoms with van der Waals surface area (Å²) in [6.07, 6.45) is 1.73. The molecule has 10 nitrogen and oxygen atoms in total. The van der Waals surface area contributed by atoms with E-state index in [0.717, 1.165) is 5.56 Å². The molecule has 198 valence electrons. The second kappa shape index (κ2) is 11.3. The van der Waals surface area contributed by atoms with E-state index >= 15 is 0 Å². The zero-order valence-electron chi connectivity index (χ0n) is 20.9. The van der Waals surface area contributed by atoms with Crippen LogP contribution in [0.3, 0.4) is 0 Å². The Kier molecular flexibility index (Phi) is 8.27. The van der Waals surface area contributed by atoms with Crippen LogP contribution in [0.15, 0.2) is 24.4 Å². The van der Waals surface area contributed by atoms with Crippen LogP contribution in [0.1, 0.15) is 19.4 Å². The van der Waals surface area contributed by atoms with Crippen LogP contribution in [0.2, 0.25) is 10.0 Å². The van der Waals surface area contributed by atoms with Crippen LogP contribution in [-0.4, -0.2) is 67.0 Å². The molecule has 0 aliphatic carbocycles. The van der Waals surface area contributed by atoms with Crippen molar-refractivity contribution in [3.63, 3.8) is 0 Å². The standard InChI is InChI=1S/C24H28Cl2N6O4S/c1-6-31-21-13(8-27-23(30-21)29-15-11-36-10-14(15)28-22(33)12(2)3)9-32(24(31)37)20-18(25)16(34-4)7-17(35-5)19(20)26/h7-8,14-15H,2,6,9-11H2,1,3-5H3,(H,28,33)(H,27,29,30)/t14-,15+/m0/s1. The molecule has 2 atom stereocenters. The third-order valence-corrected chi connectivity index (χ3v) is 7.29. The Morgan fingerprint density at radius 3 is 2.49 bits per heavy atom. The number of carbonyl (C=O) groups excluding carboxylic acids is 1. The fraction of sp³-hybridized carbons (Fsp3) is 0.417. The lowest BCUT2D eigenvalue weighted by atomic mass is 10.1. The Bertz CT molecular complexity index is 1220. The van der Waals surface area contributed by atoms with Crippen LogP contribution < -0.4 is 29.9 Å². The van der Waals surface area contributed by atoms with E-state index in [1.165, 1.54) is 14.2 Å². The van der Waals surface area contributed by atoms with E-state index in [-0.39, 0.29) is 18.0 Å². The second-order valence-electron chi connectivity index (χ2n) is 8.56. The number of amides is 1. The topological polar surface area (TPSA) is 101 Å². The summed E-state index contributed by atoms with van der Waals surface area (Å²) in [5, 5.41) is 7.32. The number of halogens is 2. The van der Waals surface area contributed by atoms with Crippen molar-refractivity contribution < 1.29 is 19.0 Å². The zero-order valence-corrected chi connectivity index (χ0v) is 23.3. The van der Waals surface area contributed by atoms with Gasteiger partial charge in [0, 0.05) is 29.9 Å². The lowest BCUT2D eigenvalue weighted by Gasteiger charge is -2.39. The maximum Gasteiger partial charge on any atom is 0.246 e. The van der Waals surface area contributed by atoms with Crippen molar-refractivity contribution in [2.75, 3.05) is 49.1 Å². The van der Waals surface area contributed by atoms with Gasteiger partial charge in [0.15, 0.2) is 5.11 Å². The molecule has 1 saturated heterocycles. The molecule has 3 heterocycles. The van der Waals surface area contributed by atoms with Crippen LogP contribution >= 0.6 is 35.4 Å². The maximum atomic E-state index is 12.1. The fourth-order valence-electron chi connectivity index (χ4n) is 4.15. The quantitative estimate of drug-likeness (QED) is 0.362.